The van der Waals surface area contributed by atoms with E-state index in [1.807, 2.05) is 0 Å². The van der Waals surface area contributed by atoms with E-state index in [9.17, 15) is 24.3 Å². The molecule has 1 N–H and O–H groups in total. The number of ether oxygens (including phenoxy) is 3. The molecule has 0 unspecified atom stereocenters. The summed E-state index contributed by atoms with van der Waals surface area (Å²) >= 11 is 0. The quantitative estimate of drug-likeness (QED) is 0.0211. The van der Waals surface area contributed by atoms with Crippen LogP contribution in [-0.2, 0) is 33.4 Å². The topological polar surface area (TPSA) is 116 Å². The zero-order chi connectivity index (χ0) is 48.9. The average molecular weight is 943 g/mol. The van der Waals surface area contributed by atoms with Crippen LogP contribution in [0.25, 0.3) is 0 Å². The molecule has 0 aliphatic heterocycles. The van der Waals surface area contributed by atoms with E-state index >= 15 is 0 Å². The summed E-state index contributed by atoms with van der Waals surface area (Å²) in [6.45, 7) is 6.06. The van der Waals surface area contributed by atoms with E-state index in [4.69, 9.17) is 14.2 Å². The fraction of sp³-hybridized carbons (Fsp3) is 0.831. The Kier molecular flexibility index (Phi) is 50.5. The second-order valence-corrected chi connectivity index (χ2v) is 19.3. The predicted octanol–water partition coefficient (Wildman–Crippen LogP) is 17.0. The molecule has 0 saturated carbocycles. The lowest BCUT2D eigenvalue weighted by Gasteiger charge is -2.29. The van der Waals surface area contributed by atoms with Crippen LogP contribution in [0.3, 0.4) is 0 Å². The highest BCUT2D eigenvalue weighted by atomic mass is 16.6. The zero-order valence-electron chi connectivity index (χ0n) is 44.0. The number of carbonyl (C=O) groups excluding carboxylic acids is 4. The maximum atomic E-state index is 13.1. The minimum absolute atomic E-state index is 0.115. The Labute approximate surface area is 413 Å². The average Bonchev–Trinajstić information content (AvgIpc) is 3.33. The van der Waals surface area contributed by atoms with Crippen molar-refractivity contribution in [1.82, 2.24) is 0 Å². The SMILES string of the molecule is CCCCCCCCC=CCCCCCCCC(=O)O[C@@H]([C@@H](C=O)OC(=O)CCCCCCCC=CCCCCCCCC)[C@@H](CO)OC(=O)CCCCCCCC=CCCCCCCCC. The van der Waals surface area contributed by atoms with Gasteiger partial charge in [0.25, 0.3) is 0 Å². The van der Waals surface area contributed by atoms with Crippen molar-refractivity contribution in [3.05, 3.63) is 36.5 Å². The molecular formula is C59H106O8. The van der Waals surface area contributed by atoms with Gasteiger partial charge in [-0.1, -0.05) is 211 Å². The predicted molar refractivity (Wildman–Crippen MR) is 281 cm³/mol. The van der Waals surface area contributed by atoms with E-state index in [2.05, 4.69) is 57.2 Å². The Morgan fingerprint density at radius 3 is 0.896 bits per heavy atom. The van der Waals surface area contributed by atoms with Gasteiger partial charge < -0.3 is 19.3 Å². The standard InChI is InChI=1S/C59H106O8/c1-4-7-10-13-16-19-22-25-28-31-34-37-40-43-46-49-56(62)65-54(52-60)59(67-58(64)51-48-45-42-39-36-33-30-27-24-21-18-15-12-9-6-3)55(53-61)66-57(63)50-47-44-41-38-35-32-29-26-23-20-17-14-11-8-5-2/h25-30,52,54-55,59,61H,4-24,31-51,53H2,1-3H3/t54-,55-,59+/m1/s1. The summed E-state index contributed by atoms with van der Waals surface area (Å²) < 4.78 is 16.9. The van der Waals surface area contributed by atoms with E-state index in [-0.39, 0.29) is 19.3 Å². The van der Waals surface area contributed by atoms with E-state index in [1.165, 1.54) is 116 Å². The van der Waals surface area contributed by atoms with E-state index in [0.717, 1.165) is 116 Å². The largest absolute Gasteiger partial charge is 0.456 e. The van der Waals surface area contributed by atoms with Gasteiger partial charge in [-0.15, -0.1) is 0 Å². The van der Waals surface area contributed by atoms with Crippen LogP contribution < -0.4 is 0 Å². The molecule has 0 spiro atoms. The Morgan fingerprint density at radius 1 is 0.358 bits per heavy atom. The maximum absolute atomic E-state index is 13.1. The Hall–Kier alpha value is -2.74. The van der Waals surface area contributed by atoms with Crippen molar-refractivity contribution in [3.63, 3.8) is 0 Å². The van der Waals surface area contributed by atoms with Crippen LogP contribution in [-0.4, -0.2) is 54.2 Å². The van der Waals surface area contributed by atoms with E-state index < -0.39 is 42.8 Å². The molecule has 0 aromatic carbocycles. The van der Waals surface area contributed by atoms with Crippen LogP contribution in [0, 0.1) is 0 Å². The highest BCUT2D eigenvalue weighted by Gasteiger charge is 2.38. The van der Waals surface area contributed by atoms with Gasteiger partial charge in [0.1, 0.15) is 0 Å². The van der Waals surface area contributed by atoms with Gasteiger partial charge in [0, 0.05) is 19.3 Å². The summed E-state index contributed by atoms with van der Waals surface area (Å²) in [6, 6.07) is 0. The number of hydrogen-bond donors (Lipinski definition) is 1. The number of rotatable bonds is 52. The highest BCUT2D eigenvalue weighted by Crippen LogP contribution is 2.19. The molecule has 0 aromatic heterocycles. The normalized spacial score (nSPS) is 13.1. The highest BCUT2D eigenvalue weighted by molar-refractivity contribution is 5.74. The van der Waals surface area contributed by atoms with Gasteiger partial charge in [-0.2, -0.15) is 0 Å². The molecule has 0 saturated heterocycles. The molecule has 0 fully saturated rings. The summed E-state index contributed by atoms with van der Waals surface area (Å²) in [5.41, 5.74) is 0. The lowest BCUT2D eigenvalue weighted by atomic mass is 10.1. The van der Waals surface area contributed by atoms with Gasteiger partial charge in [0.2, 0.25) is 0 Å². The number of esters is 3. The fourth-order valence-corrected chi connectivity index (χ4v) is 8.40. The molecule has 390 valence electrons. The molecule has 0 aliphatic carbocycles. The third-order valence-corrected chi connectivity index (χ3v) is 12.8. The van der Waals surface area contributed by atoms with Crippen molar-refractivity contribution in [2.45, 2.75) is 309 Å². The molecule has 3 atom stereocenters. The molecule has 67 heavy (non-hydrogen) atoms. The second kappa shape index (κ2) is 52.6. The van der Waals surface area contributed by atoms with E-state index in [1.54, 1.807) is 0 Å². The van der Waals surface area contributed by atoms with Crippen molar-refractivity contribution < 1.29 is 38.5 Å². The number of hydrogen-bond acceptors (Lipinski definition) is 8. The number of aliphatic hydroxyl groups is 1. The first-order valence-corrected chi connectivity index (χ1v) is 28.5. The molecule has 0 heterocycles. The van der Waals surface area contributed by atoms with Gasteiger partial charge in [0.15, 0.2) is 24.6 Å². The molecule has 8 heteroatoms. The van der Waals surface area contributed by atoms with Gasteiger partial charge in [-0.25, -0.2) is 0 Å². The number of aldehydes is 1. The fourth-order valence-electron chi connectivity index (χ4n) is 8.40. The van der Waals surface area contributed by atoms with Crippen molar-refractivity contribution in [2.24, 2.45) is 0 Å². The Morgan fingerprint density at radius 2 is 0.612 bits per heavy atom. The van der Waals surface area contributed by atoms with Crippen LogP contribution in [0.5, 0.6) is 0 Å². The summed E-state index contributed by atoms with van der Waals surface area (Å²) in [4.78, 5) is 51.5. The van der Waals surface area contributed by atoms with Gasteiger partial charge in [0.05, 0.1) is 6.61 Å². The first kappa shape index (κ1) is 64.3. The zero-order valence-corrected chi connectivity index (χ0v) is 44.0. The summed E-state index contributed by atoms with van der Waals surface area (Å²) in [7, 11) is 0. The molecular weight excluding hydrogens is 837 g/mol. The molecule has 0 rings (SSSR count). The minimum atomic E-state index is -1.50. The lowest BCUT2D eigenvalue weighted by Crippen LogP contribution is -2.48. The van der Waals surface area contributed by atoms with Crippen LogP contribution in [0.4, 0.5) is 0 Å². The van der Waals surface area contributed by atoms with Gasteiger partial charge in [-0.05, 0) is 96.3 Å². The Bertz CT molecular complexity index is 1190. The smallest absolute Gasteiger partial charge is 0.306 e. The monoisotopic (exact) mass is 943 g/mol. The number of unbranched alkanes of at least 4 members (excludes halogenated alkanes) is 33. The second-order valence-electron chi connectivity index (χ2n) is 19.3. The molecule has 0 aliphatic rings. The van der Waals surface area contributed by atoms with Crippen molar-refractivity contribution in [3.8, 4) is 0 Å². The molecule has 0 bridgehead atoms. The van der Waals surface area contributed by atoms with Gasteiger partial charge >= 0.3 is 17.9 Å². The van der Waals surface area contributed by atoms with Gasteiger partial charge in [-0.3, -0.25) is 19.2 Å². The third-order valence-electron chi connectivity index (χ3n) is 12.8. The van der Waals surface area contributed by atoms with Crippen LogP contribution in [0.2, 0.25) is 0 Å². The van der Waals surface area contributed by atoms with E-state index in [0.29, 0.717) is 25.5 Å². The first-order valence-electron chi connectivity index (χ1n) is 28.5. The van der Waals surface area contributed by atoms with Crippen LogP contribution in [0.15, 0.2) is 36.5 Å². The first-order chi connectivity index (χ1) is 32.9. The summed E-state index contributed by atoms with van der Waals surface area (Å²) in [6.07, 6.45) is 54.8. The van der Waals surface area contributed by atoms with Crippen molar-refractivity contribution >= 4 is 24.2 Å². The third kappa shape index (κ3) is 45.5. The maximum Gasteiger partial charge on any atom is 0.306 e. The molecule has 0 amide bonds. The molecule has 0 radical (unpaired) electrons. The van der Waals surface area contributed by atoms with Crippen LogP contribution in [0.1, 0.15) is 290 Å². The van der Waals surface area contributed by atoms with Crippen LogP contribution >= 0.6 is 0 Å². The molecule has 8 nitrogen and oxygen atoms in total. The minimum Gasteiger partial charge on any atom is -0.456 e. The summed E-state index contributed by atoms with van der Waals surface area (Å²) in [5, 5.41) is 10.4. The number of aliphatic hydroxyl groups excluding tert-OH is 1. The van der Waals surface area contributed by atoms with Crippen molar-refractivity contribution in [1.29, 1.82) is 0 Å². The summed E-state index contributed by atoms with van der Waals surface area (Å²) in [5.74, 6) is -1.70. The van der Waals surface area contributed by atoms with Crippen molar-refractivity contribution in [2.75, 3.05) is 6.61 Å². The lowest BCUT2D eigenvalue weighted by molar-refractivity contribution is -0.188. The molecule has 0 aromatic rings. The number of allylic oxidation sites excluding steroid dienone is 6. The Balaban J connectivity index is 4.87. The number of carbonyl (C=O) groups is 4.